The molecule has 1 aromatic rings. The van der Waals surface area contributed by atoms with E-state index in [4.69, 9.17) is 4.74 Å². The van der Waals surface area contributed by atoms with Gasteiger partial charge in [-0.3, -0.25) is 0 Å². The van der Waals surface area contributed by atoms with Crippen LogP contribution in [0.2, 0.25) is 0 Å². The van der Waals surface area contributed by atoms with Gasteiger partial charge in [0.15, 0.2) is 0 Å². The van der Waals surface area contributed by atoms with Gasteiger partial charge < -0.3 is 19.5 Å². The van der Waals surface area contributed by atoms with E-state index in [1.54, 1.807) is 0 Å². The predicted molar refractivity (Wildman–Crippen MR) is 84.6 cm³/mol. The van der Waals surface area contributed by atoms with Crippen LogP contribution in [0.15, 0.2) is 18.6 Å². The third-order valence-corrected chi connectivity index (χ3v) is 4.32. The second kappa shape index (κ2) is 7.09. The second-order valence-corrected chi connectivity index (χ2v) is 5.74. The van der Waals surface area contributed by atoms with Crippen molar-refractivity contribution in [2.45, 2.75) is 45.2 Å². The molecule has 3 rings (SSSR count). The predicted octanol–water partition coefficient (Wildman–Crippen LogP) is 1.94. The number of fused-ring (bicyclic) bond motifs is 1. The van der Waals surface area contributed by atoms with E-state index in [-0.39, 0.29) is 0 Å². The topological polar surface area (TPSA) is 42.3 Å². The van der Waals surface area contributed by atoms with Gasteiger partial charge in [0.1, 0.15) is 5.82 Å². The average molecular weight is 290 g/mol. The van der Waals surface area contributed by atoms with E-state index in [2.05, 4.69) is 32.0 Å². The van der Waals surface area contributed by atoms with Crippen LogP contribution in [0.3, 0.4) is 0 Å². The molecule has 3 heterocycles. The van der Waals surface area contributed by atoms with Gasteiger partial charge in [0, 0.05) is 31.8 Å². The van der Waals surface area contributed by atoms with Crippen molar-refractivity contribution in [2.75, 3.05) is 31.2 Å². The summed E-state index contributed by atoms with van der Waals surface area (Å²) in [5.74, 6) is 1.28. The van der Waals surface area contributed by atoms with E-state index in [0.29, 0.717) is 6.04 Å². The third-order valence-electron chi connectivity index (χ3n) is 4.32. The Labute approximate surface area is 127 Å². The molecule has 1 fully saturated rings. The van der Waals surface area contributed by atoms with Crippen molar-refractivity contribution in [3.8, 4) is 0 Å². The number of nitrogens with zero attached hydrogens (tertiary/aromatic N) is 3. The molecule has 0 bridgehead atoms. The molecule has 21 heavy (non-hydrogen) atoms. The molecule has 2 aliphatic heterocycles. The highest BCUT2D eigenvalue weighted by atomic mass is 16.5. The molecule has 1 atom stereocenters. The average Bonchev–Trinajstić information content (AvgIpc) is 2.74. The molecule has 0 saturated carbocycles. The Morgan fingerprint density at radius 2 is 2.33 bits per heavy atom. The maximum absolute atomic E-state index is 5.50. The Kier molecular flexibility index (Phi) is 4.93. The number of hydrogen-bond donors (Lipinski definition) is 1. The first kappa shape index (κ1) is 14.6. The van der Waals surface area contributed by atoms with E-state index >= 15 is 0 Å². The van der Waals surface area contributed by atoms with Gasteiger partial charge in [-0.1, -0.05) is 6.08 Å². The number of allylic oxidation sites excluding steroid dienone is 1. The Morgan fingerprint density at radius 1 is 1.38 bits per heavy atom. The van der Waals surface area contributed by atoms with Crippen LogP contribution in [0, 0.1) is 0 Å². The number of anilines is 1. The highest BCUT2D eigenvalue weighted by Gasteiger charge is 2.26. The monoisotopic (exact) mass is 290 g/mol. The molecule has 0 radical (unpaired) electrons. The van der Waals surface area contributed by atoms with Crippen LogP contribution >= 0.6 is 0 Å². The fraction of sp³-hybridized carbons (Fsp3) is 0.688. The minimum atomic E-state index is 0.581. The fourth-order valence-electron chi connectivity index (χ4n) is 3.25. The molecular formula is C16H26N4O. The maximum Gasteiger partial charge on any atom is 0.136 e. The highest BCUT2D eigenvalue weighted by Crippen LogP contribution is 2.29. The third kappa shape index (κ3) is 3.30. The zero-order valence-corrected chi connectivity index (χ0v) is 12.9. The molecule has 1 N–H and O–H groups in total. The lowest BCUT2D eigenvalue weighted by molar-refractivity contribution is 0.139. The van der Waals surface area contributed by atoms with Crippen LogP contribution in [0.25, 0.3) is 0 Å². The van der Waals surface area contributed by atoms with Gasteiger partial charge in [0.25, 0.3) is 0 Å². The van der Waals surface area contributed by atoms with E-state index in [1.807, 2.05) is 13.3 Å². The number of nitrogens with one attached hydrogen (secondary N) is 1. The summed E-state index contributed by atoms with van der Waals surface area (Å²) in [6.07, 6.45) is 11.1. The molecule has 0 aliphatic carbocycles. The van der Waals surface area contributed by atoms with Gasteiger partial charge in [-0.25, -0.2) is 4.98 Å². The van der Waals surface area contributed by atoms with Crippen molar-refractivity contribution in [1.29, 1.82) is 0 Å². The van der Waals surface area contributed by atoms with Gasteiger partial charge in [0.05, 0.1) is 18.6 Å². The lowest BCUT2D eigenvalue weighted by Gasteiger charge is -2.33. The molecule has 1 saturated heterocycles. The van der Waals surface area contributed by atoms with E-state index in [0.717, 1.165) is 39.3 Å². The Morgan fingerprint density at radius 3 is 3.24 bits per heavy atom. The first-order valence-electron chi connectivity index (χ1n) is 8.17. The molecule has 5 nitrogen and oxygen atoms in total. The van der Waals surface area contributed by atoms with Gasteiger partial charge in [-0.15, -0.1) is 0 Å². The number of hydrogen-bond acceptors (Lipinski definition) is 4. The quantitative estimate of drug-likeness (QED) is 0.842. The van der Waals surface area contributed by atoms with Gasteiger partial charge in [-0.05, 0) is 39.3 Å². The fourth-order valence-corrected chi connectivity index (χ4v) is 3.25. The summed E-state index contributed by atoms with van der Waals surface area (Å²) in [4.78, 5) is 7.05. The molecular weight excluding hydrogens is 264 g/mol. The van der Waals surface area contributed by atoms with Crippen LogP contribution < -0.4 is 10.2 Å². The Balaban J connectivity index is 1.78. The van der Waals surface area contributed by atoms with E-state index in [9.17, 15) is 0 Å². The highest BCUT2D eigenvalue weighted by molar-refractivity contribution is 5.53. The maximum atomic E-state index is 5.50. The van der Waals surface area contributed by atoms with E-state index in [1.165, 1.54) is 30.8 Å². The Bertz CT molecular complexity index is 475. The number of ether oxygens (including phenoxy) is 1. The molecule has 1 aromatic heterocycles. The summed E-state index contributed by atoms with van der Waals surface area (Å²) < 4.78 is 7.76. The second-order valence-electron chi connectivity index (χ2n) is 5.74. The standard InChI is InChI=1S/C16H26N4O/c1-2-21-12-11-19-13-18-15-6-4-10-20(16(15)19)14-5-3-8-17-9-7-14/h4,10,13-14,17H,2-3,5-9,11-12H2,1H3. The SMILES string of the molecule is CCOCCn1cnc2c1N(C1CCCNCC1)C=CC2. The molecule has 0 spiro atoms. The molecule has 0 aromatic carbocycles. The normalized spacial score (nSPS) is 22.1. The van der Waals surface area contributed by atoms with Crippen molar-refractivity contribution in [3.63, 3.8) is 0 Å². The summed E-state index contributed by atoms with van der Waals surface area (Å²) in [6, 6.07) is 0.581. The van der Waals surface area contributed by atoms with Crippen LogP contribution in [-0.2, 0) is 17.7 Å². The number of imidazole rings is 1. The molecule has 1 unspecified atom stereocenters. The summed E-state index contributed by atoms with van der Waals surface area (Å²) in [5, 5.41) is 3.50. The van der Waals surface area contributed by atoms with Crippen LogP contribution in [-0.4, -0.2) is 41.9 Å². The lowest BCUT2D eigenvalue weighted by Crippen LogP contribution is -2.35. The zero-order chi connectivity index (χ0) is 14.5. The van der Waals surface area contributed by atoms with Crippen LogP contribution in [0.4, 0.5) is 5.82 Å². The van der Waals surface area contributed by atoms with Crippen molar-refractivity contribution >= 4 is 5.82 Å². The van der Waals surface area contributed by atoms with Gasteiger partial charge in [0.2, 0.25) is 0 Å². The van der Waals surface area contributed by atoms with Crippen LogP contribution in [0.1, 0.15) is 31.9 Å². The minimum absolute atomic E-state index is 0.581. The zero-order valence-electron chi connectivity index (χ0n) is 12.9. The van der Waals surface area contributed by atoms with Gasteiger partial charge in [-0.2, -0.15) is 0 Å². The lowest BCUT2D eigenvalue weighted by atomic mass is 10.1. The largest absolute Gasteiger partial charge is 0.380 e. The van der Waals surface area contributed by atoms with Crippen molar-refractivity contribution in [1.82, 2.24) is 14.9 Å². The summed E-state index contributed by atoms with van der Waals surface area (Å²) >= 11 is 0. The summed E-state index contributed by atoms with van der Waals surface area (Å²) in [6.45, 7) is 6.70. The molecule has 116 valence electrons. The van der Waals surface area contributed by atoms with Crippen molar-refractivity contribution in [2.24, 2.45) is 0 Å². The van der Waals surface area contributed by atoms with Gasteiger partial charge >= 0.3 is 0 Å². The summed E-state index contributed by atoms with van der Waals surface area (Å²) in [5.41, 5.74) is 1.20. The first-order valence-corrected chi connectivity index (χ1v) is 8.17. The van der Waals surface area contributed by atoms with E-state index < -0.39 is 0 Å². The first-order chi connectivity index (χ1) is 10.4. The number of rotatable bonds is 5. The van der Waals surface area contributed by atoms with Crippen LogP contribution in [0.5, 0.6) is 0 Å². The smallest absolute Gasteiger partial charge is 0.136 e. The number of aromatic nitrogens is 2. The molecule has 5 heteroatoms. The summed E-state index contributed by atoms with van der Waals surface area (Å²) in [7, 11) is 0. The molecule has 2 aliphatic rings. The molecule has 0 amide bonds. The van der Waals surface area contributed by atoms with Crippen molar-refractivity contribution < 1.29 is 4.74 Å². The van der Waals surface area contributed by atoms with Crippen molar-refractivity contribution in [3.05, 3.63) is 24.3 Å². The Hall–Kier alpha value is -1.33. The minimum Gasteiger partial charge on any atom is -0.380 e.